The summed E-state index contributed by atoms with van der Waals surface area (Å²) in [5, 5.41) is 9.06. The van der Waals surface area contributed by atoms with Crippen LogP contribution < -0.4 is 0 Å². The predicted molar refractivity (Wildman–Crippen MR) is 95.8 cm³/mol. The highest BCUT2D eigenvalue weighted by Crippen LogP contribution is 2.63. The molecule has 0 aromatic rings. The van der Waals surface area contributed by atoms with E-state index in [9.17, 15) is 31.2 Å². The lowest BCUT2D eigenvalue weighted by Gasteiger charge is -2.54. The standard InChI is InChI=1S/C19H25F3O6S/c1-17(10-8-16(24)25)13-7-9-18(2)12(11(13)3-5-14(17)23)4-6-15(18)28-29(26,27)19(20,21)22/h6,11-13H,3-5,7-10H2,1-2H3,(H,24,25)/t11-,12+,13+,17-,18+/m1/s1. The van der Waals surface area contributed by atoms with Crippen LogP contribution in [0, 0.1) is 28.6 Å². The molecule has 3 rings (SSSR count). The molecule has 3 aliphatic carbocycles. The molecule has 0 saturated heterocycles. The predicted octanol–water partition coefficient (Wildman–Crippen LogP) is 4.02. The van der Waals surface area contributed by atoms with Gasteiger partial charge in [-0.15, -0.1) is 0 Å². The van der Waals surface area contributed by atoms with E-state index >= 15 is 0 Å². The lowest BCUT2D eigenvalue weighted by atomic mass is 9.49. The van der Waals surface area contributed by atoms with Gasteiger partial charge in [0.1, 0.15) is 11.5 Å². The number of carboxylic acid groups (broad SMARTS) is 1. The summed E-state index contributed by atoms with van der Waals surface area (Å²) < 4.78 is 65.9. The van der Waals surface area contributed by atoms with Gasteiger partial charge in [0.2, 0.25) is 0 Å². The van der Waals surface area contributed by atoms with E-state index in [1.54, 1.807) is 13.8 Å². The molecule has 1 N–H and O–H groups in total. The van der Waals surface area contributed by atoms with Crippen LogP contribution in [0.3, 0.4) is 0 Å². The minimum absolute atomic E-state index is 0.00353. The maximum atomic E-state index is 12.8. The van der Waals surface area contributed by atoms with Gasteiger partial charge in [-0.3, -0.25) is 9.59 Å². The molecule has 0 aliphatic heterocycles. The van der Waals surface area contributed by atoms with E-state index in [2.05, 4.69) is 4.18 Å². The van der Waals surface area contributed by atoms with Gasteiger partial charge >= 0.3 is 21.6 Å². The number of hydrogen-bond acceptors (Lipinski definition) is 5. The van der Waals surface area contributed by atoms with E-state index in [0.29, 0.717) is 32.1 Å². The van der Waals surface area contributed by atoms with Crippen LogP contribution in [0.5, 0.6) is 0 Å². The summed E-state index contributed by atoms with van der Waals surface area (Å²) in [6.45, 7) is 3.52. The molecule has 6 nitrogen and oxygen atoms in total. The summed E-state index contributed by atoms with van der Waals surface area (Å²) in [5.41, 5.74) is -7.13. The minimum atomic E-state index is -5.74. The first-order chi connectivity index (χ1) is 13.2. The zero-order valence-corrected chi connectivity index (χ0v) is 17.1. The Morgan fingerprint density at radius 3 is 2.52 bits per heavy atom. The summed E-state index contributed by atoms with van der Waals surface area (Å²) in [6.07, 6.45) is 3.67. The second-order valence-electron chi connectivity index (χ2n) is 8.89. The average molecular weight is 438 g/mol. The quantitative estimate of drug-likeness (QED) is 0.514. The van der Waals surface area contributed by atoms with Crippen molar-refractivity contribution in [2.45, 2.75) is 64.3 Å². The fourth-order valence-corrected chi connectivity index (χ4v) is 6.37. The molecule has 29 heavy (non-hydrogen) atoms. The number of alkyl halides is 3. The van der Waals surface area contributed by atoms with Crippen molar-refractivity contribution in [3.05, 3.63) is 11.8 Å². The van der Waals surface area contributed by atoms with Gasteiger partial charge in [0.15, 0.2) is 0 Å². The van der Waals surface area contributed by atoms with Crippen LogP contribution in [0.4, 0.5) is 13.2 Å². The molecule has 10 heteroatoms. The third kappa shape index (κ3) is 3.57. The Kier molecular flexibility index (Phi) is 5.33. The van der Waals surface area contributed by atoms with Gasteiger partial charge in [-0.1, -0.05) is 13.8 Å². The number of hydrogen-bond donors (Lipinski definition) is 1. The zero-order chi connectivity index (χ0) is 21.8. The number of Topliss-reactive ketones (excluding diaryl/α,β-unsaturated/α-hetero) is 1. The van der Waals surface area contributed by atoms with Crippen molar-refractivity contribution >= 4 is 21.9 Å². The highest BCUT2D eigenvalue weighted by atomic mass is 32.2. The van der Waals surface area contributed by atoms with Gasteiger partial charge < -0.3 is 9.29 Å². The summed E-state index contributed by atoms with van der Waals surface area (Å²) in [7, 11) is -5.74. The number of rotatable bonds is 5. The van der Waals surface area contributed by atoms with E-state index in [1.807, 2.05) is 0 Å². The number of halogens is 3. The Labute approximate surface area is 167 Å². The van der Waals surface area contributed by atoms with Crippen LogP contribution in [-0.2, 0) is 23.9 Å². The highest BCUT2D eigenvalue weighted by molar-refractivity contribution is 7.87. The summed E-state index contributed by atoms with van der Waals surface area (Å²) in [4.78, 5) is 23.7. The van der Waals surface area contributed by atoms with Crippen LogP contribution in [0.2, 0.25) is 0 Å². The highest BCUT2D eigenvalue weighted by Gasteiger charge is 2.60. The van der Waals surface area contributed by atoms with E-state index in [1.165, 1.54) is 6.08 Å². The van der Waals surface area contributed by atoms with Crippen molar-refractivity contribution < 1.29 is 40.5 Å². The van der Waals surface area contributed by atoms with Crippen molar-refractivity contribution in [3.63, 3.8) is 0 Å². The lowest BCUT2D eigenvalue weighted by Crippen LogP contribution is -2.52. The second-order valence-corrected chi connectivity index (χ2v) is 10.4. The number of carbonyl (C=O) groups excluding carboxylic acids is 1. The van der Waals surface area contributed by atoms with Crippen LogP contribution in [0.1, 0.15) is 58.8 Å². The van der Waals surface area contributed by atoms with E-state index < -0.39 is 32.4 Å². The van der Waals surface area contributed by atoms with Crippen LogP contribution >= 0.6 is 0 Å². The number of carboxylic acids is 1. The average Bonchev–Trinajstić information content (AvgIpc) is 2.92. The Morgan fingerprint density at radius 1 is 1.28 bits per heavy atom. The smallest absolute Gasteiger partial charge is 0.481 e. The molecule has 0 aromatic carbocycles. The van der Waals surface area contributed by atoms with Gasteiger partial charge in [0.25, 0.3) is 0 Å². The minimum Gasteiger partial charge on any atom is -0.481 e. The lowest BCUT2D eigenvalue weighted by molar-refractivity contribution is -0.147. The Hall–Kier alpha value is -1.58. The van der Waals surface area contributed by atoms with Crippen LogP contribution in [0.15, 0.2) is 11.8 Å². The molecule has 0 aromatic heterocycles. The molecule has 5 atom stereocenters. The third-order valence-electron chi connectivity index (χ3n) is 7.45. The van der Waals surface area contributed by atoms with Crippen molar-refractivity contribution in [1.82, 2.24) is 0 Å². The Bertz CT molecular complexity index is 848. The van der Waals surface area contributed by atoms with Gasteiger partial charge in [-0.25, -0.2) is 0 Å². The topological polar surface area (TPSA) is 97.7 Å². The van der Waals surface area contributed by atoms with Crippen molar-refractivity contribution in [2.24, 2.45) is 28.6 Å². The molecular weight excluding hydrogens is 413 g/mol. The maximum absolute atomic E-state index is 12.8. The van der Waals surface area contributed by atoms with E-state index in [0.717, 1.165) is 0 Å². The first-order valence-corrected chi connectivity index (χ1v) is 11.1. The molecule has 3 aliphatic rings. The molecule has 0 bridgehead atoms. The monoisotopic (exact) mass is 438 g/mol. The summed E-state index contributed by atoms with van der Waals surface area (Å²) in [6, 6.07) is 0. The normalized spacial score (nSPS) is 37.5. The SMILES string of the molecule is C[C@]1(CCC(=O)O)C(=O)CC[C@H]2[C@@H]1CC[C@]1(C)C(OS(=O)(=O)C(F)(F)F)=CC[C@@H]21. The number of ketones is 1. The third-order valence-corrected chi connectivity index (χ3v) is 8.41. The number of fused-ring (bicyclic) bond motifs is 3. The fourth-order valence-electron chi connectivity index (χ4n) is 5.79. The molecule has 0 spiro atoms. The molecule has 2 fully saturated rings. The molecular formula is C19H25F3O6S. The van der Waals surface area contributed by atoms with Gasteiger partial charge in [-0.05, 0) is 55.9 Å². The zero-order valence-electron chi connectivity index (χ0n) is 16.3. The summed E-state index contributed by atoms with van der Waals surface area (Å²) >= 11 is 0. The van der Waals surface area contributed by atoms with Crippen LogP contribution in [-0.4, -0.2) is 30.8 Å². The van der Waals surface area contributed by atoms with Gasteiger partial charge in [0, 0.05) is 23.7 Å². The molecule has 0 unspecified atom stereocenters. The fraction of sp³-hybridized carbons (Fsp3) is 0.789. The van der Waals surface area contributed by atoms with Crippen molar-refractivity contribution in [2.75, 3.05) is 0 Å². The van der Waals surface area contributed by atoms with Crippen molar-refractivity contribution in [1.29, 1.82) is 0 Å². The molecule has 0 heterocycles. The first kappa shape index (κ1) is 22.1. The second kappa shape index (κ2) is 6.99. The molecule has 2 saturated carbocycles. The Morgan fingerprint density at radius 2 is 1.93 bits per heavy atom. The number of allylic oxidation sites excluding steroid dienone is 2. The van der Waals surface area contributed by atoms with Gasteiger partial charge in [-0.2, -0.15) is 21.6 Å². The molecule has 0 radical (unpaired) electrons. The van der Waals surface area contributed by atoms with E-state index in [4.69, 9.17) is 5.11 Å². The van der Waals surface area contributed by atoms with E-state index in [-0.39, 0.29) is 42.1 Å². The Balaban J connectivity index is 1.85. The molecule has 0 amide bonds. The van der Waals surface area contributed by atoms with Gasteiger partial charge in [0.05, 0.1) is 0 Å². The first-order valence-electron chi connectivity index (χ1n) is 9.69. The number of aliphatic carboxylic acids is 1. The van der Waals surface area contributed by atoms with Crippen LogP contribution in [0.25, 0.3) is 0 Å². The van der Waals surface area contributed by atoms with Crippen molar-refractivity contribution in [3.8, 4) is 0 Å². The summed E-state index contributed by atoms with van der Waals surface area (Å²) in [5.74, 6) is -1.33. The largest absolute Gasteiger partial charge is 0.534 e. The number of carbonyl (C=O) groups is 2. The maximum Gasteiger partial charge on any atom is 0.534 e. The molecule has 164 valence electrons.